The van der Waals surface area contributed by atoms with E-state index in [-0.39, 0.29) is 30.7 Å². The van der Waals surface area contributed by atoms with Crippen molar-refractivity contribution in [3.05, 3.63) is 106 Å². The predicted octanol–water partition coefficient (Wildman–Crippen LogP) is 6.85. The molecule has 0 fully saturated rings. The molecule has 3 rings (SSSR count). The Hall–Kier alpha value is -2.82. The van der Waals surface area contributed by atoms with Gasteiger partial charge in [-0.05, 0) is 51.0 Å². The van der Waals surface area contributed by atoms with Crippen molar-refractivity contribution in [2.75, 3.05) is 0 Å². The molecule has 0 radical (unpaired) electrons. The smallest absolute Gasteiger partial charge is 0.242 e. The largest absolute Gasteiger partial charge is 0.350 e. The minimum absolute atomic E-state index is 0.131. The van der Waals surface area contributed by atoms with Gasteiger partial charge < -0.3 is 10.2 Å². The van der Waals surface area contributed by atoms with Gasteiger partial charge in [0.25, 0.3) is 0 Å². The highest BCUT2D eigenvalue weighted by molar-refractivity contribution is 6.36. The molecular weight excluding hydrogens is 479 g/mol. The van der Waals surface area contributed by atoms with Crippen molar-refractivity contribution in [3.63, 3.8) is 0 Å². The van der Waals surface area contributed by atoms with Crippen LogP contribution in [0.25, 0.3) is 0 Å². The quantitative estimate of drug-likeness (QED) is 0.360. The maximum absolute atomic E-state index is 13.9. The van der Waals surface area contributed by atoms with Gasteiger partial charge in [0, 0.05) is 40.0 Å². The molecule has 0 saturated carbocycles. The molecule has 0 aliphatic heterocycles. The fourth-order valence-corrected chi connectivity index (χ4v) is 4.52. The lowest BCUT2D eigenvalue weighted by atomic mass is 9.88. The van der Waals surface area contributed by atoms with Crippen LogP contribution in [0.15, 0.2) is 78.9 Å². The minimum atomic E-state index is -0.721. The Bertz CT molecular complexity index is 1080. The van der Waals surface area contributed by atoms with E-state index in [9.17, 15) is 9.59 Å². The van der Waals surface area contributed by atoms with Crippen LogP contribution in [0.1, 0.15) is 56.7 Å². The van der Waals surface area contributed by atoms with Crippen molar-refractivity contribution in [1.82, 2.24) is 10.2 Å². The molecule has 0 aromatic heterocycles. The molecule has 0 bridgehead atoms. The molecule has 0 aliphatic rings. The lowest BCUT2D eigenvalue weighted by Crippen LogP contribution is -2.52. The zero-order chi connectivity index (χ0) is 25.6. The van der Waals surface area contributed by atoms with Gasteiger partial charge in [0.05, 0.1) is 0 Å². The van der Waals surface area contributed by atoms with Gasteiger partial charge in [-0.1, -0.05) is 89.9 Å². The molecule has 0 spiro atoms. The Morgan fingerprint density at radius 2 is 1.31 bits per heavy atom. The van der Waals surface area contributed by atoms with Crippen LogP contribution in [-0.2, 0) is 16.1 Å². The second-order valence-electron chi connectivity index (χ2n) is 9.72. The SMILES string of the molecule is C[C@H](C(=O)NC(C)(C)C)N(Cc1c(Cl)cccc1Cl)C(=O)CC(c1ccccc1)c1ccccc1. The van der Waals surface area contributed by atoms with Gasteiger partial charge in [0.2, 0.25) is 11.8 Å². The monoisotopic (exact) mass is 510 g/mol. The number of hydrogen-bond acceptors (Lipinski definition) is 2. The van der Waals surface area contributed by atoms with Gasteiger partial charge in [-0.2, -0.15) is 0 Å². The van der Waals surface area contributed by atoms with Crippen molar-refractivity contribution in [3.8, 4) is 0 Å². The molecule has 4 nitrogen and oxygen atoms in total. The molecule has 0 unspecified atom stereocenters. The van der Waals surface area contributed by atoms with Gasteiger partial charge in [0.1, 0.15) is 6.04 Å². The maximum atomic E-state index is 13.9. The Labute approximate surface area is 218 Å². The number of hydrogen-bond donors (Lipinski definition) is 1. The van der Waals surface area contributed by atoms with E-state index in [0.29, 0.717) is 15.6 Å². The van der Waals surface area contributed by atoms with Crippen LogP contribution in [0.5, 0.6) is 0 Å². The van der Waals surface area contributed by atoms with Gasteiger partial charge in [-0.3, -0.25) is 9.59 Å². The number of nitrogens with zero attached hydrogens (tertiary/aromatic N) is 1. The third-order valence-corrected chi connectivity index (χ3v) is 6.55. The number of carbonyl (C=O) groups is 2. The molecule has 3 aromatic rings. The zero-order valence-electron chi connectivity index (χ0n) is 20.6. The number of benzene rings is 3. The van der Waals surface area contributed by atoms with Crippen LogP contribution in [0.2, 0.25) is 10.0 Å². The lowest BCUT2D eigenvalue weighted by molar-refractivity contribution is -0.141. The Morgan fingerprint density at radius 1 is 0.829 bits per heavy atom. The van der Waals surface area contributed by atoms with E-state index in [1.165, 1.54) is 0 Å². The van der Waals surface area contributed by atoms with E-state index < -0.39 is 11.6 Å². The van der Waals surface area contributed by atoms with Crippen LogP contribution in [0.4, 0.5) is 0 Å². The number of amides is 2. The van der Waals surface area contributed by atoms with Crippen molar-refractivity contribution in [1.29, 1.82) is 0 Å². The van der Waals surface area contributed by atoms with Crippen molar-refractivity contribution in [2.45, 2.75) is 58.2 Å². The summed E-state index contributed by atoms with van der Waals surface area (Å²) < 4.78 is 0. The molecule has 1 N–H and O–H groups in total. The molecule has 1 atom stereocenters. The first-order valence-corrected chi connectivity index (χ1v) is 12.5. The average Bonchev–Trinajstić information content (AvgIpc) is 2.82. The van der Waals surface area contributed by atoms with Crippen LogP contribution in [0, 0.1) is 0 Å². The molecular formula is C29H32Cl2N2O2. The van der Waals surface area contributed by atoms with Gasteiger partial charge in [0.15, 0.2) is 0 Å². The molecule has 6 heteroatoms. The standard InChI is InChI=1S/C29H32Cl2N2O2/c1-20(28(35)32-29(2,3)4)33(19-24-25(30)16-11-17-26(24)31)27(34)18-23(21-12-7-5-8-13-21)22-14-9-6-10-15-22/h5-17,20,23H,18-19H2,1-4H3,(H,32,35)/t20-/m1/s1. The summed E-state index contributed by atoms with van der Waals surface area (Å²) >= 11 is 12.9. The van der Waals surface area contributed by atoms with Crippen molar-refractivity contribution < 1.29 is 9.59 Å². The highest BCUT2D eigenvalue weighted by atomic mass is 35.5. The van der Waals surface area contributed by atoms with E-state index in [1.807, 2.05) is 81.4 Å². The van der Waals surface area contributed by atoms with Crippen LogP contribution in [0.3, 0.4) is 0 Å². The fourth-order valence-electron chi connectivity index (χ4n) is 4.00. The Balaban J connectivity index is 1.97. The molecule has 0 heterocycles. The molecule has 0 saturated heterocycles. The molecule has 184 valence electrons. The third kappa shape index (κ3) is 7.33. The topological polar surface area (TPSA) is 49.4 Å². The second-order valence-corrected chi connectivity index (χ2v) is 10.5. The third-order valence-electron chi connectivity index (χ3n) is 5.84. The van der Waals surface area contributed by atoms with Gasteiger partial charge >= 0.3 is 0 Å². The fraction of sp³-hybridized carbons (Fsp3) is 0.310. The van der Waals surface area contributed by atoms with Crippen LogP contribution < -0.4 is 5.32 Å². The summed E-state index contributed by atoms with van der Waals surface area (Å²) in [4.78, 5) is 28.6. The first-order chi connectivity index (χ1) is 16.6. The first kappa shape index (κ1) is 26.8. The maximum Gasteiger partial charge on any atom is 0.242 e. The number of halogens is 2. The molecule has 35 heavy (non-hydrogen) atoms. The molecule has 3 aromatic carbocycles. The molecule has 2 amide bonds. The lowest BCUT2D eigenvalue weighted by Gasteiger charge is -2.33. The second kappa shape index (κ2) is 11.7. The first-order valence-electron chi connectivity index (χ1n) is 11.7. The number of nitrogens with one attached hydrogen (secondary N) is 1. The van der Waals surface area contributed by atoms with E-state index in [1.54, 1.807) is 30.0 Å². The van der Waals surface area contributed by atoms with E-state index in [2.05, 4.69) is 5.32 Å². The average molecular weight is 511 g/mol. The number of carbonyl (C=O) groups excluding carboxylic acids is 2. The van der Waals surface area contributed by atoms with E-state index in [0.717, 1.165) is 11.1 Å². The summed E-state index contributed by atoms with van der Waals surface area (Å²) in [5, 5.41) is 3.91. The minimum Gasteiger partial charge on any atom is -0.350 e. The van der Waals surface area contributed by atoms with Gasteiger partial charge in [-0.15, -0.1) is 0 Å². The predicted molar refractivity (Wildman–Crippen MR) is 144 cm³/mol. The van der Waals surface area contributed by atoms with Crippen LogP contribution in [-0.4, -0.2) is 28.3 Å². The number of rotatable bonds is 8. The summed E-state index contributed by atoms with van der Waals surface area (Å²) in [6, 6.07) is 24.4. The Kier molecular flexibility index (Phi) is 8.98. The molecule has 0 aliphatic carbocycles. The van der Waals surface area contributed by atoms with Crippen molar-refractivity contribution >= 4 is 35.0 Å². The summed E-state index contributed by atoms with van der Waals surface area (Å²) in [6.45, 7) is 7.61. The van der Waals surface area contributed by atoms with E-state index in [4.69, 9.17) is 23.2 Å². The highest BCUT2D eigenvalue weighted by Gasteiger charge is 2.31. The summed E-state index contributed by atoms with van der Waals surface area (Å²) in [7, 11) is 0. The summed E-state index contributed by atoms with van der Waals surface area (Å²) in [6.07, 6.45) is 0.198. The van der Waals surface area contributed by atoms with Crippen LogP contribution >= 0.6 is 23.2 Å². The highest BCUT2D eigenvalue weighted by Crippen LogP contribution is 2.31. The van der Waals surface area contributed by atoms with Crippen molar-refractivity contribution in [2.24, 2.45) is 0 Å². The normalized spacial score (nSPS) is 12.3. The van der Waals surface area contributed by atoms with E-state index >= 15 is 0 Å². The zero-order valence-corrected chi connectivity index (χ0v) is 22.1. The Morgan fingerprint density at radius 3 is 1.77 bits per heavy atom. The van der Waals surface area contributed by atoms with Gasteiger partial charge in [-0.25, -0.2) is 0 Å². The summed E-state index contributed by atoms with van der Waals surface area (Å²) in [5.41, 5.74) is 2.26. The summed E-state index contributed by atoms with van der Waals surface area (Å²) in [5.74, 6) is -0.549.